The third-order valence-corrected chi connectivity index (χ3v) is 8.93. The number of thioether (sulfide) groups is 1. The number of benzene rings is 1. The summed E-state index contributed by atoms with van der Waals surface area (Å²) in [4.78, 5) is 35.9. The van der Waals surface area contributed by atoms with Crippen molar-refractivity contribution in [3.8, 4) is 5.69 Å². The van der Waals surface area contributed by atoms with Crippen molar-refractivity contribution in [2.24, 2.45) is 17.8 Å². The van der Waals surface area contributed by atoms with Crippen molar-refractivity contribution in [1.29, 1.82) is 0 Å². The molecule has 1 amide bonds. The Morgan fingerprint density at radius 3 is 2.58 bits per heavy atom. The minimum atomic E-state index is -0.00609. The molecule has 0 bridgehead atoms. The molecule has 3 atom stereocenters. The summed E-state index contributed by atoms with van der Waals surface area (Å²) in [6.45, 7) is 8.34. The Balaban J connectivity index is 1.52. The van der Waals surface area contributed by atoms with Crippen molar-refractivity contribution in [2.75, 3.05) is 18.8 Å². The summed E-state index contributed by atoms with van der Waals surface area (Å²) in [5, 5.41) is 1.39. The van der Waals surface area contributed by atoms with Crippen LogP contribution in [-0.2, 0) is 17.6 Å². The van der Waals surface area contributed by atoms with Crippen LogP contribution in [0.15, 0.2) is 40.3 Å². The topological polar surface area (TPSA) is 55.2 Å². The Hall–Kier alpha value is -2.12. The Labute approximate surface area is 203 Å². The molecular formula is C26H31N3O2S2. The summed E-state index contributed by atoms with van der Waals surface area (Å²) < 4.78 is 1.72. The van der Waals surface area contributed by atoms with E-state index in [1.54, 1.807) is 15.9 Å². The number of carbonyl (C=O) groups excluding carboxylic acids is 1. The van der Waals surface area contributed by atoms with Crippen LogP contribution < -0.4 is 5.56 Å². The first kappa shape index (κ1) is 22.7. The van der Waals surface area contributed by atoms with Crippen LogP contribution in [0, 0.1) is 17.8 Å². The molecule has 3 aromatic rings. The highest BCUT2D eigenvalue weighted by molar-refractivity contribution is 7.99. The lowest BCUT2D eigenvalue weighted by molar-refractivity contribution is -0.130. The lowest BCUT2D eigenvalue weighted by Crippen LogP contribution is -2.43. The summed E-state index contributed by atoms with van der Waals surface area (Å²) in [6, 6.07) is 9.70. The zero-order valence-electron chi connectivity index (χ0n) is 19.5. The maximum absolute atomic E-state index is 13.8. The predicted molar refractivity (Wildman–Crippen MR) is 137 cm³/mol. The average Bonchev–Trinajstić information content (AvgIpc) is 3.15. The van der Waals surface area contributed by atoms with E-state index in [4.69, 9.17) is 4.98 Å². The van der Waals surface area contributed by atoms with Gasteiger partial charge in [0.15, 0.2) is 5.16 Å². The fraction of sp³-hybridized carbons (Fsp3) is 0.500. The molecule has 0 saturated carbocycles. The average molecular weight is 482 g/mol. The van der Waals surface area contributed by atoms with Gasteiger partial charge in [0, 0.05) is 18.0 Å². The minimum Gasteiger partial charge on any atom is -0.341 e. The van der Waals surface area contributed by atoms with Gasteiger partial charge in [0.25, 0.3) is 5.56 Å². The number of rotatable bonds is 4. The molecule has 1 aliphatic heterocycles. The molecular weight excluding hydrogens is 450 g/mol. The molecule has 174 valence electrons. The van der Waals surface area contributed by atoms with Crippen LogP contribution in [0.2, 0.25) is 0 Å². The van der Waals surface area contributed by atoms with Gasteiger partial charge in [-0.1, -0.05) is 50.7 Å². The number of fused-ring (bicyclic) bond motifs is 3. The van der Waals surface area contributed by atoms with Gasteiger partial charge in [0.2, 0.25) is 5.91 Å². The second-order valence-electron chi connectivity index (χ2n) is 9.94. The number of hydrogen-bond acceptors (Lipinski definition) is 5. The molecule has 33 heavy (non-hydrogen) atoms. The molecule has 0 N–H and O–H groups in total. The number of carbonyl (C=O) groups is 1. The van der Waals surface area contributed by atoms with Crippen molar-refractivity contribution in [3.63, 3.8) is 0 Å². The van der Waals surface area contributed by atoms with Crippen LogP contribution >= 0.6 is 23.1 Å². The Kier molecular flexibility index (Phi) is 6.36. The highest BCUT2D eigenvalue weighted by atomic mass is 32.2. The summed E-state index contributed by atoms with van der Waals surface area (Å²) in [6.07, 6.45) is 4.25. The maximum Gasteiger partial charge on any atom is 0.267 e. The van der Waals surface area contributed by atoms with Gasteiger partial charge in [-0.25, -0.2) is 4.98 Å². The quantitative estimate of drug-likeness (QED) is 0.381. The lowest BCUT2D eigenvalue weighted by atomic mass is 9.89. The smallest absolute Gasteiger partial charge is 0.267 e. The van der Waals surface area contributed by atoms with Gasteiger partial charge in [-0.3, -0.25) is 14.2 Å². The molecule has 3 heterocycles. The van der Waals surface area contributed by atoms with E-state index >= 15 is 0 Å². The Bertz CT molecular complexity index is 1220. The van der Waals surface area contributed by atoms with Gasteiger partial charge in [0.05, 0.1) is 16.8 Å². The van der Waals surface area contributed by atoms with Crippen molar-refractivity contribution in [3.05, 3.63) is 51.1 Å². The van der Waals surface area contributed by atoms with Crippen molar-refractivity contribution < 1.29 is 4.79 Å². The van der Waals surface area contributed by atoms with E-state index in [2.05, 4.69) is 20.8 Å². The van der Waals surface area contributed by atoms with E-state index in [-0.39, 0.29) is 11.5 Å². The molecule has 1 aliphatic carbocycles. The second kappa shape index (κ2) is 9.26. The summed E-state index contributed by atoms with van der Waals surface area (Å²) in [5.41, 5.74) is 1.99. The van der Waals surface area contributed by atoms with Crippen molar-refractivity contribution in [1.82, 2.24) is 14.5 Å². The molecule has 1 saturated heterocycles. The van der Waals surface area contributed by atoms with Gasteiger partial charge in [-0.15, -0.1) is 11.3 Å². The number of hydrogen-bond donors (Lipinski definition) is 0. The van der Waals surface area contributed by atoms with E-state index in [1.165, 1.54) is 28.6 Å². The number of aryl methyl sites for hydroxylation is 1. The normalized spacial score (nSPS) is 23.0. The largest absolute Gasteiger partial charge is 0.341 e. The molecule has 7 heteroatoms. The molecule has 0 radical (unpaired) electrons. The summed E-state index contributed by atoms with van der Waals surface area (Å²) in [5.74, 6) is 2.13. The summed E-state index contributed by atoms with van der Waals surface area (Å²) in [7, 11) is 0. The molecule has 5 nitrogen and oxygen atoms in total. The fourth-order valence-corrected chi connectivity index (χ4v) is 7.70. The minimum absolute atomic E-state index is 0.00609. The van der Waals surface area contributed by atoms with E-state index in [0.29, 0.717) is 28.7 Å². The molecule has 5 rings (SSSR count). The highest BCUT2D eigenvalue weighted by Gasteiger charge is 2.27. The van der Waals surface area contributed by atoms with Crippen LogP contribution in [-0.4, -0.2) is 39.2 Å². The van der Waals surface area contributed by atoms with Crippen molar-refractivity contribution >= 4 is 39.2 Å². The predicted octanol–water partition coefficient (Wildman–Crippen LogP) is 5.17. The van der Waals surface area contributed by atoms with E-state index in [9.17, 15) is 9.59 Å². The third kappa shape index (κ3) is 4.50. The van der Waals surface area contributed by atoms with Gasteiger partial charge in [0.1, 0.15) is 4.83 Å². The first-order valence-corrected chi connectivity index (χ1v) is 13.7. The number of nitrogens with zero attached hydrogens (tertiary/aromatic N) is 3. The van der Waals surface area contributed by atoms with E-state index in [1.807, 2.05) is 35.2 Å². The lowest BCUT2D eigenvalue weighted by Gasteiger charge is -2.35. The molecule has 2 aliphatic rings. The number of thiophene rings is 1. The van der Waals surface area contributed by atoms with Crippen molar-refractivity contribution in [2.45, 2.75) is 51.6 Å². The summed E-state index contributed by atoms with van der Waals surface area (Å²) >= 11 is 3.05. The molecule has 3 unspecified atom stereocenters. The third-order valence-electron chi connectivity index (χ3n) is 6.86. The van der Waals surface area contributed by atoms with Crippen LogP contribution in [0.3, 0.4) is 0 Å². The standard InChI is InChI=1S/C26H31N3O2S2/c1-16-9-10-20-21(12-16)33-24-23(20)25(31)29(19-7-5-4-6-8-19)26(27-24)32-15-22(30)28-13-17(2)11-18(3)14-28/h4-8,16-18H,9-15H2,1-3H3. The number of amides is 1. The number of likely N-dealkylation sites (tertiary alicyclic amines) is 1. The fourth-order valence-electron chi connectivity index (χ4n) is 5.36. The van der Waals surface area contributed by atoms with Crippen LogP contribution in [0.5, 0.6) is 0 Å². The number of piperidine rings is 1. The Morgan fingerprint density at radius 2 is 1.85 bits per heavy atom. The van der Waals surface area contributed by atoms with Gasteiger partial charge in [-0.05, 0) is 61.1 Å². The maximum atomic E-state index is 13.8. The first-order chi connectivity index (χ1) is 15.9. The van der Waals surface area contributed by atoms with Crippen LogP contribution in [0.25, 0.3) is 15.9 Å². The van der Waals surface area contributed by atoms with E-state index < -0.39 is 0 Å². The van der Waals surface area contributed by atoms with E-state index in [0.717, 1.165) is 48.3 Å². The number of para-hydroxylation sites is 1. The van der Waals surface area contributed by atoms with Gasteiger partial charge >= 0.3 is 0 Å². The second-order valence-corrected chi connectivity index (χ2v) is 12.0. The number of aromatic nitrogens is 2. The van der Waals surface area contributed by atoms with Crippen LogP contribution in [0.1, 0.15) is 44.1 Å². The zero-order valence-corrected chi connectivity index (χ0v) is 21.2. The SMILES string of the molecule is CC1CCc2c(sc3nc(SCC(=O)N4CC(C)CC(C)C4)n(-c4ccccc4)c(=O)c23)C1. The monoisotopic (exact) mass is 481 g/mol. The zero-order chi connectivity index (χ0) is 23.1. The van der Waals surface area contributed by atoms with Gasteiger partial charge in [-0.2, -0.15) is 0 Å². The highest BCUT2D eigenvalue weighted by Crippen LogP contribution is 2.37. The molecule has 1 aromatic carbocycles. The first-order valence-electron chi connectivity index (χ1n) is 11.9. The van der Waals surface area contributed by atoms with Crippen LogP contribution in [0.4, 0.5) is 0 Å². The van der Waals surface area contributed by atoms with Gasteiger partial charge < -0.3 is 4.90 Å². The molecule has 0 spiro atoms. The Morgan fingerprint density at radius 1 is 1.12 bits per heavy atom. The molecule has 2 aromatic heterocycles. The molecule has 1 fully saturated rings.